The van der Waals surface area contributed by atoms with Crippen LogP contribution in [0.15, 0.2) is 54.6 Å². The Bertz CT molecular complexity index is 526. The minimum absolute atomic E-state index is 0.0983. The van der Waals surface area contributed by atoms with Crippen LogP contribution in [-0.2, 0) is 6.42 Å². The summed E-state index contributed by atoms with van der Waals surface area (Å²) in [6, 6.07) is 17.4. The van der Waals surface area contributed by atoms with E-state index < -0.39 is 0 Å². The van der Waals surface area contributed by atoms with Crippen molar-refractivity contribution in [1.82, 2.24) is 0 Å². The smallest absolute Gasteiger partial charge is 0.193 e. The van der Waals surface area contributed by atoms with Crippen molar-refractivity contribution >= 4 is 5.78 Å². The molecule has 0 amide bonds. The van der Waals surface area contributed by atoms with Gasteiger partial charge < -0.3 is 0 Å². The number of carbonyl (C=O) groups is 1. The largest absolute Gasteiger partial charge is 0.289 e. The lowest BCUT2D eigenvalue weighted by molar-refractivity contribution is 0.103. The van der Waals surface area contributed by atoms with Crippen LogP contribution >= 0.6 is 0 Å². The summed E-state index contributed by atoms with van der Waals surface area (Å²) in [6.45, 7) is 4.37. The van der Waals surface area contributed by atoms with Crippen LogP contribution in [0.5, 0.6) is 0 Å². The molecule has 0 atom stereocenters. The summed E-state index contributed by atoms with van der Waals surface area (Å²) >= 11 is 0. The van der Waals surface area contributed by atoms with Crippen LogP contribution in [0.25, 0.3) is 0 Å². The first-order valence-electron chi connectivity index (χ1n) is 6.35. The van der Waals surface area contributed by atoms with E-state index in [1.165, 1.54) is 5.56 Å². The molecule has 1 heteroatoms. The summed E-state index contributed by atoms with van der Waals surface area (Å²) in [5.74, 6) is 0.702. The molecule has 0 aliphatic rings. The molecular formula is C17H18O. The van der Waals surface area contributed by atoms with Gasteiger partial charge in [-0.25, -0.2) is 0 Å². The van der Waals surface area contributed by atoms with E-state index in [1.54, 1.807) is 0 Å². The Hall–Kier alpha value is -1.89. The van der Waals surface area contributed by atoms with Crippen molar-refractivity contribution in [2.45, 2.75) is 20.3 Å². The molecule has 0 bridgehead atoms. The summed E-state index contributed by atoms with van der Waals surface area (Å²) in [4.78, 5) is 12.3. The van der Waals surface area contributed by atoms with Gasteiger partial charge in [0.15, 0.2) is 5.78 Å². The molecule has 0 aliphatic heterocycles. The molecule has 0 saturated heterocycles. The standard InChI is InChI=1S/C17H18O/c1-13(2)11-14-7-6-10-16(12-14)17(18)15-8-4-3-5-9-15/h3-10,12-13H,11H2,1-2H3. The first kappa shape index (κ1) is 12.6. The molecule has 0 unspecified atom stereocenters. The molecule has 2 aromatic carbocycles. The second kappa shape index (κ2) is 5.63. The van der Waals surface area contributed by atoms with Gasteiger partial charge in [-0.05, 0) is 24.0 Å². The number of rotatable bonds is 4. The predicted octanol–water partition coefficient (Wildman–Crippen LogP) is 4.12. The Balaban J connectivity index is 2.26. The van der Waals surface area contributed by atoms with Crippen LogP contribution in [0.2, 0.25) is 0 Å². The highest BCUT2D eigenvalue weighted by Gasteiger charge is 2.09. The lowest BCUT2D eigenvalue weighted by Gasteiger charge is -2.07. The first-order valence-corrected chi connectivity index (χ1v) is 6.35. The Morgan fingerprint density at radius 3 is 2.28 bits per heavy atom. The fourth-order valence-electron chi connectivity index (χ4n) is 2.07. The Morgan fingerprint density at radius 2 is 1.61 bits per heavy atom. The van der Waals surface area contributed by atoms with Crippen molar-refractivity contribution in [2.75, 3.05) is 0 Å². The van der Waals surface area contributed by atoms with Crippen LogP contribution < -0.4 is 0 Å². The average molecular weight is 238 g/mol. The van der Waals surface area contributed by atoms with E-state index in [2.05, 4.69) is 19.9 Å². The number of hydrogen-bond donors (Lipinski definition) is 0. The molecule has 0 aliphatic carbocycles. The van der Waals surface area contributed by atoms with Crippen LogP contribution in [0.1, 0.15) is 35.3 Å². The fourth-order valence-corrected chi connectivity index (χ4v) is 2.07. The van der Waals surface area contributed by atoms with Gasteiger partial charge in [0.2, 0.25) is 0 Å². The van der Waals surface area contributed by atoms with Crippen molar-refractivity contribution < 1.29 is 4.79 Å². The number of carbonyl (C=O) groups excluding carboxylic acids is 1. The molecule has 2 rings (SSSR count). The van der Waals surface area contributed by atoms with E-state index in [0.717, 1.165) is 17.5 Å². The molecule has 0 fully saturated rings. The van der Waals surface area contributed by atoms with Gasteiger partial charge in [0.05, 0.1) is 0 Å². The van der Waals surface area contributed by atoms with Gasteiger partial charge in [-0.15, -0.1) is 0 Å². The summed E-state index contributed by atoms with van der Waals surface area (Å²) in [7, 11) is 0. The van der Waals surface area contributed by atoms with E-state index in [4.69, 9.17) is 0 Å². The lowest BCUT2D eigenvalue weighted by Crippen LogP contribution is -2.02. The maximum Gasteiger partial charge on any atom is 0.193 e. The quantitative estimate of drug-likeness (QED) is 0.732. The maximum atomic E-state index is 12.3. The van der Waals surface area contributed by atoms with Gasteiger partial charge in [-0.3, -0.25) is 4.79 Å². The molecule has 0 aromatic heterocycles. The highest BCUT2D eigenvalue weighted by molar-refractivity contribution is 6.09. The van der Waals surface area contributed by atoms with Gasteiger partial charge >= 0.3 is 0 Å². The van der Waals surface area contributed by atoms with E-state index in [-0.39, 0.29) is 5.78 Å². The highest BCUT2D eigenvalue weighted by Crippen LogP contribution is 2.14. The molecule has 18 heavy (non-hydrogen) atoms. The van der Waals surface area contributed by atoms with Crippen LogP contribution in [0.3, 0.4) is 0 Å². The minimum Gasteiger partial charge on any atom is -0.289 e. The summed E-state index contributed by atoms with van der Waals surface area (Å²) in [6.07, 6.45) is 1.01. The molecule has 0 spiro atoms. The molecule has 0 radical (unpaired) electrons. The Labute approximate surface area is 108 Å². The van der Waals surface area contributed by atoms with E-state index in [1.807, 2.05) is 48.5 Å². The van der Waals surface area contributed by atoms with Crippen molar-refractivity contribution in [1.29, 1.82) is 0 Å². The summed E-state index contributed by atoms with van der Waals surface area (Å²) < 4.78 is 0. The molecular weight excluding hydrogens is 220 g/mol. The lowest BCUT2D eigenvalue weighted by atomic mass is 9.97. The Kier molecular flexibility index (Phi) is 3.93. The third-order valence-corrected chi connectivity index (χ3v) is 2.87. The number of hydrogen-bond acceptors (Lipinski definition) is 1. The van der Waals surface area contributed by atoms with E-state index in [0.29, 0.717) is 5.92 Å². The predicted molar refractivity (Wildman–Crippen MR) is 74.9 cm³/mol. The van der Waals surface area contributed by atoms with Crippen molar-refractivity contribution in [3.05, 3.63) is 71.3 Å². The second-order valence-corrected chi connectivity index (χ2v) is 4.99. The van der Waals surface area contributed by atoms with Crippen LogP contribution in [0.4, 0.5) is 0 Å². The maximum absolute atomic E-state index is 12.3. The van der Waals surface area contributed by atoms with Gasteiger partial charge in [-0.1, -0.05) is 62.4 Å². The van der Waals surface area contributed by atoms with E-state index in [9.17, 15) is 4.79 Å². The van der Waals surface area contributed by atoms with Crippen molar-refractivity contribution in [3.8, 4) is 0 Å². The highest BCUT2D eigenvalue weighted by atomic mass is 16.1. The van der Waals surface area contributed by atoms with Crippen LogP contribution in [0, 0.1) is 5.92 Å². The number of ketones is 1. The van der Waals surface area contributed by atoms with Gasteiger partial charge in [0.1, 0.15) is 0 Å². The summed E-state index contributed by atoms with van der Waals surface area (Å²) in [5, 5.41) is 0. The number of benzene rings is 2. The molecule has 0 heterocycles. The van der Waals surface area contributed by atoms with Crippen LogP contribution in [-0.4, -0.2) is 5.78 Å². The normalized spacial score (nSPS) is 10.6. The molecule has 0 saturated carbocycles. The van der Waals surface area contributed by atoms with Crippen molar-refractivity contribution in [2.24, 2.45) is 5.92 Å². The van der Waals surface area contributed by atoms with Gasteiger partial charge in [0, 0.05) is 11.1 Å². The zero-order valence-electron chi connectivity index (χ0n) is 10.9. The zero-order valence-corrected chi connectivity index (χ0v) is 10.9. The third-order valence-electron chi connectivity index (χ3n) is 2.87. The molecule has 0 N–H and O–H groups in total. The topological polar surface area (TPSA) is 17.1 Å². The molecule has 2 aromatic rings. The van der Waals surface area contributed by atoms with Crippen molar-refractivity contribution in [3.63, 3.8) is 0 Å². The average Bonchev–Trinajstić information content (AvgIpc) is 2.38. The third kappa shape index (κ3) is 3.07. The SMILES string of the molecule is CC(C)Cc1cccc(C(=O)c2ccccc2)c1. The molecule has 1 nitrogen and oxygen atoms in total. The van der Waals surface area contributed by atoms with E-state index >= 15 is 0 Å². The first-order chi connectivity index (χ1) is 8.66. The zero-order chi connectivity index (χ0) is 13.0. The fraction of sp³-hybridized carbons (Fsp3) is 0.235. The Morgan fingerprint density at radius 1 is 0.944 bits per heavy atom. The summed E-state index contributed by atoms with van der Waals surface area (Å²) in [5.41, 5.74) is 2.75. The van der Waals surface area contributed by atoms with Gasteiger partial charge in [0.25, 0.3) is 0 Å². The monoisotopic (exact) mass is 238 g/mol. The second-order valence-electron chi connectivity index (χ2n) is 4.99. The minimum atomic E-state index is 0.0983. The molecule has 92 valence electrons. The van der Waals surface area contributed by atoms with Gasteiger partial charge in [-0.2, -0.15) is 0 Å².